The topological polar surface area (TPSA) is 75.8 Å². The Bertz CT molecular complexity index is 420. The van der Waals surface area contributed by atoms with Gasteiger partial charge in [0.2, 0.25) is 0 Å². The van der Waals surface area contributed by atoms with Crippen LogP contribution in [0.25, 0.3) is 0 Å². The molecule has 0 fully saturated rings. The highest BCUT2D eigenvalue weighted by molar-refractivity contribution is 5.97. The van der Waals surface area contributed by atoms with Gasteiger partial charge in [-0.25, -0.2) is 0 Å². The van der Waals surface area contributed by atoms with Crippen LogP contribution >= 0.6 is 0 Å². The van der Waals surface area contributed by atoms with E-state index in [0.29, 0.717) is 17.0 Å². The predicted octanol–water partition coefficient (Wildman–Crippen LogP) is 0.0339. The summed E-state index contributed by atoms with van der Waals surface area (Å²) in [5.41, 5.74) is 6.78. The molecule has 1 aromatic rings. The Balaban J connectivity index is 2.37. The number of anilines is 1. The molecule has 1 aliphatic rings. The van der Waals surface area contributed by atoms with Crippen LogP contribution in [-0.4, -0.2) is 31.2 Å². The third-order valence-corrected chi connectivity index (χ3v) is 2.68. The summed E-state index contributed by atoms with van der Waals surface area (Å²) in [6.45, 7) is 0.194. The van der Waals surface area contributed by atoms with Gasteiger partial charge in [-0.2, -0.15) is 0 Å². The lowest BCUT2D eigenvalue weighted by Crippen LogP contribution is -2.35. The molecule has 0 radical (unpaired) electrons. The molecule has 1 aromatic carbocycles. The number of carbonyl (C=O) groups is 1. The summed E-state index contributed by atoms with van der Waals surface area (Å²) in [6.07, 6.45) is -0.697. The summed E-state index contributed by atoms with van der Waals surface area (Å²) in [6, 6.07) is 5.21. The van der Waals surface area contributed by atoms with E-state index in [-0.39, 0.29) is 19.1 Å². The van der Waals surface area contributed by atoms with E-state index in [1.54, 1.807) is 25.2 Å². The molecule has 1 heterocycles. The number of nitrogens with two attached hydrogens (primary N) is 1. The summed E-state index contributed by atoms with van der Waals surface area (Å²) in [5, 5.41) is 9.59. The number of carbonyl (C=O) groups excluding carboxylic acids is 1. The molecule has 2 rings (SSSR count). The standard InChI is InChI=1S/C11H14N2O3/c1-13-8-3-2-7(9(14)5-12)4-10(8)16-6-11(13)15/h2-4,9,14H,5-6,12H2,1H3. The van der Waals surface area contributed by atoms with Crippen LogP contribution in [0.3, 0.4) is 0 Å². The Labute approximate surface area is 93.4 Å². The lowest BCUT2D eigenvalue weighted by Gasteiger charge is -2.26. The highest BCUT2D eigenvalue weighted by Gasteiger charge is 2.22. The van der Waals surface area contributed by atoms with Crippen LogP contribution < -0.4 is 15.4 Å². The normalized spacial score (nSPS) is 16.7. The highest BCUT2D eigenvalue weighted by Crippen LogP contribution is 2.33. The summed E-state index contributed by atoms with van der Waals surface area (Å²) < 4.78 is 5.30. The zero-order valence-corrected chi connectivity index (χ0v) is 9.01. The van der Waals surface area contributed by atoms with Crippen molar-refractivity contribution in [3.05, 3.63) is 23.8 Å². The zero-order valence-electron chi connectivity index (χ0n) is 9.01. The minimum absolute atomic E-state index is 0.0334. The fraction of sp³-hybridized carbons (Fsp3) is 0.364. The van der Waals surface area contributed by atoms with Crippen molar-refractivity contribution in [1.82, 2.24) is 0 Å². The fourth-order valence-electron chi connectivity index (χ4n) is 1.64. The average molecular weight is 222 g/mol. The number of hydrogen-bond acceptors (Lipinski definition) is 4. The van der Waals surface area contributed by atoms with Gasteiger partial charge in [0.05, 0.1) is 11.8 Å². The van der Waals surface area contributed by atoms with E-state index >= 15 is 0 Å². The van der Waals surface area contributed by atoms with Crippen molar-refractivity contribution in [2.75, 3.05) is 25.1 Å². The van der Waals surface area contributed by atoms with Crippen LogP contribution in [0.2, 0.25) is 0 Å². The van der Waals surface area contributed by atoms with Gasteiger partial charge in [-0.05, 0) is 17.7 Å². The molecule has 0 saturated carbocycles. The van der Waals surface area contributed by atoms with Crippen LogP contribution in [0, 0.1) is 0 Å². The number of amides is 1. The first-order valence-electron chi connectivity index (χ1n) is 5.05. The Hall–Kier alpha value is -1.59. The van der Waals surface area contributed by atoms with Gasteiger partial charge in [-0.15, -0.1) is 0 Å². The first-order chi connectivity index (χ1) is 7.63. The zero-order chi connectivity index (χ0) is 11.7. The molecule has 0 aliphatic carbocycles. The molecule has 1 amide bonds. The average Bonchev–Trinajstić information content (AvgIpc) is 2.32. The number of aliphatic hydroxyl groups excluding tert-OH is 1. The van der Waals surface area contributed by atoms with E-state index in [2.05, 4.69) is 0 Å². The van der Waals surface area contributed by atoms with Crippen molar-refractivity contribution in [2.24, 2.45) is 5.73 Å². The second kappa shape index (κ2) is 4.11. The van der Waals surface area contributed by atoms with Gasteiger partial charge >= 0.3 is 0 Å². The molecular formula is C11H14N2O3. The van der Waals surface area contributed by atoms with Gasteiger partial charge < -0.3 is 20.5 Å². The largest absolute Gasteiger partial charge is 0.482 e. The quantitative estimate of drug-likeness (QED) is 0.740. The number of benzene rings is 1. The Morgan fingerprint density at radius 3 is 3.06 bits per heavy atom. The SMILES string of the molecule is CN1C(=O)COc2cc(C(O)CN)ccc21. The molecule has 0 spiro atoms. The lowest BCUT2D eigenvalue weighted by molar-refractivity contribution is -0.120. The molecule has 16 heavy (non-hydrogen) atoms. The smallest absolute Gasteiger partial charge is 0.264 e. The first kappa shape index (κ1) is 10.9. The van der Waals surface area contributed by atoms with Crippen molar-refractivity contribution in [3.8, 4) is 5.75 Å². The van der Waals surface area contributed by atoms with E-state index in [0.717, 1.165) is 0 Å². The third kappa shape index (κ3) is 1.75. The predicted molar refractivity (Wildman–Crippen MR) is 59.4 cm³/mol. The molecule has 0 bridgehead atoms. The molecular weight excluding hydrogens is 208 g/mol. The molecule has 1 atom stereocenters. The van der Waals surface area contributed by atoms with Gasteiger partial charge in [-0.3, -0.25) is 4.79 Å². The van der Waals surface area contributed by atoms with Crippen LogP contribution in [0.15, 0.2) is 18.2 Å². The second-order valence-electron chi connectivity index (χ2n) is 3.72. The summed E-state index contributed by atoms with van der Waals surface area (Å²) in [5.74, 6) is 0.520. The third-order valence-electron chi connectivity index (χ3n) is 2.68. The van der Waals surface area contributed by atoms with Gasteiger partial charge in [0.1, 0.15) is 5.75 Å². The summed E-state index contributed by atoms with van der Waals surface area (Å²) in [4.78, 5) is 12.9. The molecule has 0 saturated heterocycles. The number of aliphatic hydroxyl groups is 1. The highest BCUT2D eigenvalue weighted by atomic mass is 16.5. The minimum Gasteiger partial charge on any atom is -0.482 e. The number of fused-ring (bicyclic) bond motifs is 1. The fourth-order valence-corrected chi connectivity index (χ4v) is 1.64. The van der Waals surface area contributed by atoms with Crippen molar-refractivity contribution in [2.45, 2.75) is 6.10 Å². The van der Waals surface area contributed by atoms with E-state index in [1.807, 2.05) is 0 Å². The number of hydrogen-bond donors (Lipinski definition) is 2. The molecule has 86 valence electrons. The molecule has 3 N–H and O–H groups in total. The van der Waals surface area contributed by atoms with E-state index in [4.69, 9.17) is 10.5 Å². The number of ether oxygens (including phenoxy) is 1. The maximum atomic E-state index is 11.4. The van der Waals surface area contributed by atoms with Gasteiger partial charge in [0.25, 0.3) is 5.91 Å². The van der Waals surface area contributed by atoms with E-state index in [1.165, 1.54) is 4.90 Å². The van der Waals surface area contributed by atoms with Crippen molar-refractivity contribution >= 4 is 11.6 Å². The van der Waals surface area contributed by atoms with Gasteiger partial charge in [0.15, 0.2) is 6.61 Å². The Morgan fingerprint density at radius 2 is 2.38 bits per heavy atom. The number of nitrogens with zero attached hydrogens (tertiary/aromatic N) is 1. The van der Waals surface area contributed by atoms with Crippen LogP contribution in [0.1, 0.15) is 11.7 Å². The number of rotatable bonds is 2. The first-order valence-corrected chi connectivity index (χ1v) is 5.05. The van der Waals surface area contributed by atoms with Crippen LogP contribution in [-0.2, 0) is 4.79 Å². The minimum atomic E-state index is -0.697. The maximum Gasteiger partial charge on any atom is 0.264 e. The van der Waals surface area contributed by atoms with Gasteiger partial charge in [0, 0.05) is 13.6 Å². The molecule has 5 heteroatoms. The molecule has 5 nitrogen and oxygen atoms in total. The lowest BCUT2D eigenvalue weighted by atomic mass is 10.1. The monoisotopic (exact) mass is 222 g/mol. The van der Waals surface area contributed by atoms with Crippen LogP contribution in [0.4, 0.5) is 5.69 Å². The van der Waals surface area contributed by atoms with E-state index < -0.39 is 6.10 Å². The summed E-state index contributed by atoms with van der Waals surface area (Å²) in [7, 11) is 1.70. The van der Waals surface area contributed by atoms with E-state index in [9.17, 15) is 9.90 Å². The molecule has 0 aromatic heterocycles. The van der Waals surface area contributed by atoms with Crippen molar-refractivity contribution in [3.63, 3.8) is 0 Å². The second-order valence-corrected chi connectivity index (χ2v) is 3.72. The molecule has 1 unspecified atom stereocenters. The van der Waals surface area contributed by atoms with Crippen LogP contribution in [0.5, 0.6) is 5.75 Å². The number of likely N-dealkylation sites (N-methyl/N-ethyl adjacent to an activating group) is 1. The summed E-state index contributed by atoms with van der Waals surface area (Å²) >= 11 is 0. The Kier molecular flexibility index (Phi) is 2.80. The molecule has 1 aliphatic heterocycles. The Morgan fingerprint density at radius 1 is 1.62 bits per heavy atom. The van der Waals surface area contributed by atoms with Crippen molar-refractivity contribution in [1.29, 1.82) is 0 Å². The van der Waals surface area contributed by atoms with Gasteiger partial charge in [-0.1, -0.05) is 6.07 Å². The van der Waals surface area contributed by atoms with Crippen molar-refractivity contribution < 1.29 is 14.6 Å². The maximum absolute atomic E-state index is 11.4.